The van der Waals surface area contributed by atoms with Crippen LogP contribution < -0.4 is 11.1 Å². The lowest BCUT2D eigenvalue weighted by atomic mass is 9.96. The molecule has 0 heterocycles. The average Bonchev–Trinajstić information content (AvgIpc) is 2.99. The van der Waals surface area contributed by atoms with Crippen LogP contribution >= 0.6 is 0 Å². The highest BCUT2D eigenvalue weighted by molar-refractivity contribution is 5.78. The van der Waals surface area contributed by atoms with Gasteiger partial charge in [0.15, 0.2) is 0 Å². The molecule has 2 saturated carbocycles. The Hall–Kier alpha value is -0.610. The van der Waals surface area contributed by atoms with Crippen LogP contribution in [0, 0.1) is 0 Å². The van der Waals surface area contributed by atoms with E-state index < -0.39 is 0 Å². The van der Waals surface area contributed by atoms with Crippen molar-refractivity contribution < 1.29 is 4.79 Å². The van der Waals surface area contributed by atoms with Gasteiger partial charge in [0.05, 0.1) is 6.54 Å². The van der Waals surface area contributed by atoms with Crippen LogP contribution in [0.4, 0.5) is 0 Å². The number of nitrogens with one attached hydrogen (secondary N) is 1. The third-order valence-electron chi connectivity index (χ3n) is 4.83. The molecule has 0 aromatic heterocycles. The zero-order valence-electron chi connectivity index (χ0n) is 11.6. The highest BCUT2D eigenvalue weighted by Crippen LogP contribution is 2.33. The lowest BCUT2D eigenvalue weighted by Gasteiger charge is -2.37. The second-order valence-electron chi connectivity index (χ2n) is 6.04. The van der Waals surface area contributed by atoms with E-state index in [1.165, 1.54) is 25.7 Å². The van der Waals surface area contributed by atoms with Gasteiger partial charge in [0.1, 0.15) is 0 Å². The summed E-state index contributed by atoms with van der Waals surface area (Å²) in [6.07, 6.45) is 9.57. The number of nitrogens with zero attached hydrogens (tertiary/aromatic N) is 1. The van der Waals surface area contributed by atoms with Gasteiger partial charge < -0.3 is 11.1 Å². The summed E-state index contributed by atoms with van der Waals surface area (Å²) in [5.74, 6) is 0.170. The van der Waals surface area contributed by atoms with E-state index in [1.54, 1.807) is 0 Å². The first-order valence-corrected chi connectivity index (χ1v) is 7.37. The summed E-state index contributed by atoms with van der Waals surface area (Å²) < 4.78 is 0. The monoisotopic (exact) mass is 253 g/mol. The van der Waals surface area contributed by atoms with Crippen molar-refractivity contribution in [1.29, 1.82) is 0 Å². The Labute approximate surface area is 110 Å². The summed E-state index contributed by atoms with van der Waals surface area (Å²) >= 11 is 0. The molecule has 2 rings (SSSR count). The van der Waals surface area contributed by atoms with Crippen LogP contribution in [0.1, 0.15) is 51.4 Å². The van der Waals surface area contributed by atoms with Gasteiger partial charge in [0.2, 0.25) is 5.91 Å². The summed E-state index contributed by atoms with van der Waals surface area (Å²) in [5, 5.41) is 3.15. The highest BCUT2D eigenvalue weighted by atomic mass is 16.2. The lowest BCUT2D eigenvalue weighted by molar-refractivity contribution is -0.124. The number of hydrogen-bond donors (Lipinski definition) is 2. The van der Waals surface area contributed by atoms with Crippen molar-refractivity contribution in [1.82, 2.24) is 10.2 Å². The normalized spacial score (nSPS) is 23.7. The van der Waals surface area contributed by atoms with Crippen molar-refractivity contribution in [2.24, 2.45) is 5.73 Å². The Kier molecular flexibility index (Phi) is 4.62. The number of amides is 1. The molecule has 0 radical (unpaired) electrons. The predicted molar refractivity (Wildman–Crippen MR) is 73.3 cm³/mol. The van der Waals surface area contributed by atoms with Crippen molar-refractivity contribution in [3.05, 3.63) is 0 Å². The summed E-state index contributed by atoms with van der Waals surface area (Å²) in [6.45, 7) is 1.16. The second kappa shape index (κ2) is 6.02. The van der Waals surface area contributed by atoms with E-state index >= 15 is 0 Å². The summed E-state index contributed by atoms with van der Waals surface area (Å²) in [5.41, 5.74) is 6.01. The summed E-state index contributed by atoms with van der Waals surface area (Å²) in [4.78, 5) is 14.2. The fraction of sp³-hybridized carbons (Fsp3) is 0.929. The first-order valence-electron chi connectivity index (χ1n) is 7.37. The molecule has 0 aliphatic heterocycles. The Balaban J connectivity index is 1.81. The van der Waals surface area contributed by atoms with E-state index in [2.05, 4.69) is 10.2 Å². The molecule has 104 valence electrons. The molecule has 3 N–H and O–H groups in total. The maximum atomic E-state index is 12.0. The van der Waals surface area contributed by atoms with E-state index in [1.807, 2.05) is 7.05 Å². The predicted octanol–water partition coefficient (Wildman–Crippen LogP) is 1.25. The standard InChI is InChI=1S/C14H27N3O/c1-17(14(11-15)8-4-5-9-14)10-13(18)16-12-6-2-3-7-12/h12H,2-11,15H2,1H3,(H,16,18). The van der Waals surface area contributed by atoms with Gasteiger partial charge in [-0.1, -0.05) is 25.7 Å². The van der Waals surface area contributed by atoms with Crippen LogP contribution in [-0.4, -0.2) is 42.5 Å². The van der Waals surface area contributed by atoms with Gasteiger partial charge in [-0.3, -0.25) is 9.69 Å². The van der Waals surface area contributed by atoms with E-state index in [-0.39, 0.29) is 11.4 Å². The largest absolute Gasteiger partial charge is 0.352 e. The summed E-state index contributed by atoms with van der Waals surface area (Å²) in [6, 6.07) is 0.420. The third-order valence-corrected chi connectivity index (χ3v) is 4.83. The SMILES string of the molecule is CN(CC(=O)NC1CCCC1)C1(CN)CCCC1. The van der Waals surface area contributed by atoms with Crippen LogP contribution in [0.25, 0.3) is 0 Å². The molecule has 18 heavy (non-hydrogen) atoms. The number of rotatable bonds is 5. The molecule has 2 aliphatic carbocycles. The van der Waals surface area contributed by atoms with Crippen molar-refractivity contribution in [2.75, 3.05) is 20.1 Å². The molecule has 2 aliphatic rings. The molecule has 0 bridgehead atoms. The molecule has 2 fully saturated rings. The maximum absolute atomic E-state index is 12.0. The van der Waals surface area contributed by atoms with Gasteiger partial charge in [-0.05, 0) is 32.7 Å². The van der Waals surface area contributed by atoms with Crippen LogP contribution in [0.15, 0.2) is 0 Å². The van der Waals surface area contributed by atoms with Gasteiger partial charge >= 0.3 is 0 Å². The Morgan fingerprint density at radius 1 is 1.28 bits per heavy atom. The van der Waals surface area contributed by atoms with E-state index in [9.17, 15) is 4.79 Å². The van der Waals surface area contributed by atoms with Crippen LogP contribution in [0.2, 0.25) is 0 Å². The number of carbonyl (C=O) groups is 1. The average molecular weight is 253 g/mol. The molecule has 0 saturated heterocycles. The number of hydrogen-bond acceptors (Lipinski definition) is 3. The van der Waals surface area contributed by atoms with Gasteiger partial charge in [-0.15, -0.1) is 0 Å². The molecule has 4 nitrogen and oxygen atoms in total. The molecular weight excluding hydrogens is 226 g/mol. The van der Waals surface area contributed by atoms with Gasteiger partial charge in [0, 0.05) is 18.1 Å². The molecule has 0 atom stereocenters. The lowest BCUT2D eigenvalue weighted by Crippen LogP contribution is -2.53. The van der Waals surface area contributed by atoms with Crippen molar-refractivity contribution >= 4 is 5.91 Å². The molecular formula is C14H27N3O. The fourth-order valence-corrected chi connectivity index (χ4v) is 3.50. The molecule has 0 spiro atoms. The molecule has 4 heteroatoms. The van der Waals surface area contributed by atoms with Crippen molar-refractivity contribution in [3.63, 3.8) is 0 Å². The van der Waals surface area contributed by atoms with E-state index in [4.69, 9.17) is 5.73 Å². The van der Waals surface area contributed by atoms with Crippen LogP contribution in [0.3, 0.4) is 0 Å². The molecule has 0 aromatic carbocycles. The molecule has 0 unspecified atom stereocenters. The summed E-state index contributed by atoms with van der Waals surface area (Å²) in [7, 11) is 2.05. The van der Waals surface area contributed by atoms with Gasteiger partial charge in [0.25, 0.3) is 0 Å². The maximum Gasteiger partial charge on any atom is 0.234 e. The smallest absolute Gasteiger partial charge is 0.234 e. The van der Waals surface area contributed by atoms with E-state index in [0.717, 1.165) is 25.7 Å². The number of nitrogens with two attached hydrogens (primary N) is 1. The van der Waals surface area contributed by atoms with Crippen LogP contribution in [0.5, 0.6) is 0 Å². The fourth-order valence-electron chi connectivity index (χ4n) is 3.50. The minimum atomic E-state index is 0.0764. The van der Waals surface area contributed by atoms with Crippen molar-refractivity contribution in [2.45, 2.75) is 62.9 Å². The number of likely N-dealkylation sites (N-methyl/N-ethyl adjacent to an activating group) is 1. The quantitative estimate of drug-likeness (QED) is 0.775. The Morgan fingerprint density at radius 2 is 1.89 bits per heavy atom. The topological polar surface area (TPSA) is 58.4 Å². The van der Waals surface area contributed by atoms with Gasteiger partial charge in [-0.2, -0.15) is 0 Å². The Bertz CT molecular complexity index is 281. The van der Waals surface area contributed by atoms with Crippen molar-refractivity contribution in [3.8, 4) is 0 Å². The van der Waals surface area contributed by atoms with Crippen LogP contribution in [-0.2, 0) is 4.79 Å². The second-order valence-corrected chi connectivity index (χ2v) is 6.04. The minimum Gasteiger partial charge on any atom is -0.352 e. The number of carbonyl (C=O) groups excluding carboxylic acids is 1. The zero-order valence-corrected chi connectivity index (χ0v) is 11.6. The first kappa shape index (κ1) is 13.8. The first-order chi connectivity index (χ1) is 8.66. The van der Waals surface area contributed by atoms with Gasteiger partial charge in [-0.25, -0.2) is 0 Å². The van der Waals surface area contributed by atoms with E-state index in [0.29, 0.717) is 19.1 Å². The minimum absolute atomic E-state index is 0.0764. The Morgan fingerprint density at radius 3 is 2.44 bits per heavy atom. The zero-order chi connectivity index (χ0) is 13.0. The third kappa shape index (κ3) is 3.04. The molecule has 0 aromatic rings. The molecule has 1 amide bonds. The highest BCUT2D eigenvalue weighted by Gasteiger charge is 2.37.